The van der Waals surface area contributed by atoms with E-state index >= 15 is 0 Å². The molecule has 0 spiro atoms. The predicted molar refractivity (Wildman–Crippen MR) is 154 cm³/mol. The Morgan fingerprint density at radius 2 is 1.51 bits per heavy atom. The number of carbonyl (C=O) groups is 2. The molecule has 39 heavy (non-hydrogen) atoms. The van der Waals surface area contributed by atoms with Gasteiger partial charge in [0, 0.05) is 12.6 Å². The van der Waals surface area contributed by atoms with Crippen LogP contribution in [0, 0.1) is 13.8 Å². The number of anilines is 1. The molecule has 0 aliphatic heterocycles. The van der Waals surface area contributed by atoms with Crippen molar-refractivity contribution in [2.45, 2.75) is 70.0 Å². The van der Waals surface area contributed by atoms with Crippen LogP contribution in [0.1, 0.15) is 49.3 Å². The maximum atomic E-state index is 14.0. The number of hydrogen-bond acceptors (Lipinski definition) is 4. The van der Waals surface area contributed by atoms with Crippen molar-refractivity contribution >= 4 is 27.5 Å². The number of benzene rings is 3. The molecule has 0 radical (unpaired) electrons. The highest BCUT2D eigenvalue weighted by molar-refractivity contribution is 7.92. The normalized spacial score (nSPS) is 14.5. The molecule has 7 nitrogen and oxygen atoms in total. The molecule has 206 valence electrons. The second-order valence-electron chi connectivity index (χ2n) is 10.3. The van der Waals surface area contributed by atoms with Crippen molar-refractivity contribution in [3.8, 4) is 0 Å². The van der Waals surface area contributed by atoms with Gasteiger partial charge >= 0.3 is 0 Å². The van der Waals surface area contributed by atoms with Crippen molar-refractivity contribution in [2.75, 3.05) is 10.8 Å². The van der Waals surface area contributed by atoms with Crippen molar-refractivity contribution in [1.29, 1.82) is 0 Å². The second-order valence-corrected chi connectivity index (χ2v) is 12.1. The van der Waals surface area contributed by atoms with Gasteiger partial charge in [0.15, 0.2) is 0 Å². The zero-order valence-corrected chi connectivity index (χ0v) is 23.7. The first-order valence-electron chi connectivity index (χ1n) is 13.5. The van der Waals surface area contributed by atoms with Crippen LogP contribution in [-0.4, -0.2) is 43.8 Å². The number of carbonyl (C=O) groups excluding carboxylic acids is 2. The molecule has 1 aliphatic rings. The average Bonchev–Trinajstić information content (AvgIpc) is 3.45. The number of hydrogen-bond donors (Lipinski definition) is 1. The van der Waals surface area contributed by atoms with Gasteiger partial charge in [-0.3, -0.25) is 13.9 Å². The minimum absolute atomic E-state index is 0.0951. The molecule has 3 aromatic carbocycles. The zero-order valence-electron chi connectivity index (χ0n) is 22.8. The van der Waals surface area contributed by atoms with Gasteiger partial charge in [0.2, 0.25) is 11.8 Å². The Kier molecular flexibility index (Phi) is 9.07. The Morgan fingerprint density at radius 1 is 0.897 bits per heavy atom. The third-order valence-electron chi connectivity index (χ3n) is 7.45. The van der Waals surface area contributed by atoms with E-state index in [1.807, 2.05) is 50.2 Å². The molecule has 2 amide bonds. The molecule has 1 saturated carbocycles. The molecule has 8 heteroatoms. The van der Waals surface area contributed by atoms with Gasteiger partial charge in [0.1, 0.15) is 12.6 Å². The molecule has 0 bridgehead atoms. The third-order valence-corrected chi connectivity index (χ3v) is 9.24. The number of nitrogens with zero attached hydrogens (tertiary/aromatic N) is 2. The van der Waals surface area contributed by atoms with Gasteiger partial charge in [0.05, 0.1) is 10.6 Å². The fourth-order valence-corrected chi connectivity index (χ4v) is 6.31. The third kappa shape index (κ3) is 6.87. The summed E-state index contributed by atoms with van der Waals surface area (Å²) >= 11 is 0. The van der Waals surface area contributed by atoms with Gasteiger partial charge in [-0.2, -0.15) is 0 Å². The number of nitrogens with one attached hydrogen (secondary N) is 1. The van der Waals surface area contributed by atoms with Gasteiger partial charge in [-0.25, -0.2) is 8.42 Å². The van der Waals surface area contributed by atoms with Crippen LogP contribution in [0.5, 0.6) is 0 Å². The first-order valence-corrected chi connectivity index (χ1v) is 14.9. The fourth-order valence-electron chi connectivity index (χ4n) is 4.88. The largest absolute Gasteiger partial charge is 0.352 e. The van der Waals surface area contributed by atoms with E-state index in [9.17, 15) is 18.0 Å². The van der Waals surface area contributed by atoms with E-state index in [0.29, 0.717) is 5.69 Å². The quantitative estimate of drug-likeness (QED) is 0.388. The molecular formula is C31H37N3O4S. The summed E-state index contributed by atoms with van der Waals surface area (Å²) in [5.74, 6) is -0.680. The standard InChI is InChI=1S/C31H37N3O4S/c1-23-18-19-28(20-24(23)2)34(39(37,38)29-16-8-5-9-17-29)22-30(35)33(21-26-12-6-4-7-13-26)25(3)31(36)32-27-14-10-11-15-27/h4-9,12-13,16-20,25,27H,10-11,14-15,21-22H2,1-3H3,(H,32,36). The molecule has 0 aromatic heterocycles. The maximum Gasteiger partial charge on any atom is 0.264 e. The highest BCUT2D eigenvalue weighted by Crippen LogP contribution is 2.26. The minimum atomic E-state index is -4.06. The zero-order chi connectivity index (χ0) is 28.0. The van der Waals surface area contributed by atoms with Crippen molar-refractivity contribution in [3.05, 3.63) is 95.6 Å². The molecule has 0 heterocycles. The molecule has 1 aliphatic carbocycles. The summed E-state index contributed by atoms with van der Waals surface area (Å²) < 4.78 is 28.9. The molecular weight excluding hydrogens is 510 g/mol. The molecule has 0 saturated heterocycles. The van der Waals surface area contributed by atoms with E-state index in [4.69, 9.17) is 0 Å². The first kappa shape index (κ1) is 28.4. The van der Waals surface area contributed by atoms with E-state index in [0.717, 1.165) is 46.7 Å². The van der Waals surface area contributed by atoms with Crippen molar-refractivity contribution in [1.82, 2.24) is 10.2 Å². The lowest BCUT2D eigenvalue weighted by atomic mass is 10.1. The van der Waals surface area contributed by atoms with E-state index in [-0.39, 0.29) is 23.4 Å². The second kappa shape index (κ2) is 12.5. The smallest absolute Gasteiger partial charge is 0.264 e. The van der Waals surface area contributed by atoms with Gasteiger partial charge in [-0.15, -0.1) is 0 Å². The van der Waals surface area contributed by atoms with Crippen LogP contribution in [0.2, 0.25) is 0 Å². The minimum Gasteiger partial charge on any atom is -0.352 e. The van der Waals surface area contributed by atoms with Crippen molar-refractivity contribution in [3.63, 3.8) is 0 Å². The average molecular weight is 548 g/mol. The summed E-state index contributed by atoms with van der Waals surface area (Å²) in [4.78, 5) is 28.8. The van der Waals surface area contributed by atoms with Gasteiger partial charge in [0.25, 0.3) is 10.0 Å². The van der Waals surface area contributed by atoms with Crippen LogP contribution in [0.15, 0.2) is 83.8 Å². The van der Waals surface area contributed by atoms with Crippen LogP contribution in [0.25, 0.3) is 0 Å². The van der Waals surface area contributed by atoms with Gasteiger partial charge in [-0.1, -0.05) is 67.4 Å². The summed E-state index contributed by atoms with van der Waals surface area (Å²) in [6.45, 7) is 5.31. The summed E-state index contributed by atoms with van der Waals surface area (Å²) in [6, 6.07) is 22.2. The van der Waals surface area contributed by atoms with Crippen molar-refractivity contribution in [2.24, 2.45) is 0 Å². The lowest BCUT2D eigenvalue weighted by molar-refractivity contribution is -0.139. The first-order chi connectivity index (χ1) is 18.7. The Labute approximate surface area is 231 Å². The van der Waals surface area contributed by atoms with Gasteiger partial charge in [-0.05, 0) is 74.6 Å². The molecule has 1 unspecified atom stereocenters. The van der Waals surface area contributed by atoms with Crippen LogP contribution in [0.4, 0.5) is 5.69 Å². The Bertz CT molecular complexity index is 1390. The summed E-state index contributed by atoms with van der Waals surface area (Å²) in [7, 11) is -4.06. The monoisotopic (exact) mass is 547 g/mol. The SMILES string of the molecule is Cc1ccc(N(CC(=O)N(Cc2ccccc2)C(C)C(=O)NC2CCCC2)S(=O)(=O)c2ccccc2)cc1C. The molecule has 1 fully saturated rings. The predicted octanol–water partition coefficient (Wildman–Crippen LogP) is 4.97. The van der Waals surface area contributed by atoms with Gasteiger partial charge < -0.3 is 10.2 Å². The summed E-state index contributed by atoms with van der Waals surface area (Å²) in [6.07, 6.45) is 4.02. The highest BCUT2D eigenvalue weighted by atomic mass is 32.2. The van der Waals surface area contributed by atoms with E-state index in [2.05, 4.69) is 5.32 Å². The Morgan fingerprint density at radius 3 is 2.13 bits per heavy atom. The fraction of sp³-hybridized carbons (Fsp3) is 0.355. The lowest BCUT2D eigenvalue weighted by Gasteiger charge is -2.32. The highest BCUT2D eigenvalue weighted by Gasteiger charge is 2.33. The lowest BCUT2D eigenvalue weighted by Crippen LogP contribution is -2.52. The van der Waals surface area contributed by atoms with E-state index in [1.165, 1.54) is 17.0 Å². The number of aryl methyl sites for hydroxylation is 2. The van der Waals surface area contributed by atoms with Crippen LogP contribution in [0.3, 0.4) is 0 Å². The van der Waals surface area contributed by atoms with Crippen LogP contribution >= 0.6 is 0 Å². The molecule has 1 atom stereocenters. The van der Waals surface area contributed by atoms with Crippen molar-refractivity contribution < 1.29 is 18.0 Å². The number of rotatable bonds is 10. The Hall–Kier alpha value is -3.65. The number of sulfonamides is 1. The maximum absolute atomic E-state index is 14.0. The molecule has 1 N–H and O–H groups in total. The van der Waals surface area contributed by atoms with Crippen LogP contribution < -0.4 is 9.62 Å². The topological polar surface area (TPSA) is 86.8 Å². The molecule has 4 rings (SSSR count). The van der Waals surface area contributed by atoms with Crippen LogP contribution in [-0.2, 0) is 26.2 Å². The van der Waals surface area contributed by atoms with E-state index < -0.39 is 28.5 Å². The van der Waals surface area contributed by atoms with E-state index in [1.54, 1.807) is 37.3 Å². The Balaban J connectivity index is 1.68. The summed E-state index contributed by atoms with van der Waals surface area (Å²) in [5.41, 5.74) is 3.19. The number of amides is 2. The molecule has 3 aromatic rings. The summed E-state index contributed by atoms with van der Waals surface area (Å²) in [5, 5.41) is 3.09.